The maximum absolute atomic E-state index is 9.11. The van der Waals surface area contributed by atoms with Crippen molar-refractivity contribution in [2.24, 2.45) is 0 Å². The number of nitrogens with zero attached hydrogens (tertiary/aromatic N) is 2. The molecule has 1 N–H and O–H groups in total. The number of aromatic nitrogens is 2. The summed E-state index contributed by atoms with van der Waals surface area (Å²) in [4.78, 5) is 5.36. The Morgan fingerprint density at radius 3 is 2.60 bits per heavy atom. The number of aliphatic hydroxyl groups excluding tert-OH is 1. The van der Waals surface area contributed by atoms with Crippen molar-refractivity contribution in [2.75, 3.05) is 27.1 Å². The van der Waals surface area contributed by atoms with Crippen LogP contribution >= 0.6 is 11.8 Å². The van der Waals surface area contributed by atoms with Crippen LogP contribution < -0.4 is 9.47 Å². The highest BCUT2D eigenvalue weighted by molar-refractivity contribution is 7.98. The Balaban J connectivity index is 2.57. The number of rotatable bonds is 6. The van der Waals surface area contributed by atoms with Crippen molar-refractivity contribution in [1.82, 2.24) is 9.55 Å². The quantitative estimate of drug-likeness (QED) is 0.828. The Hall–Kier alpha value is -1.66. The fraction of sp³-hybridized carbons (Fsp3) is 0.357. The first-order valence-electron chi connectivity index (χ1n) is 6.17. The third-order valence-corrected chi connectivity index (χ3v) is 3.76. The Morgan fingerprint density at radius 2 is 2.00 bits per heavy atom. The minimum atomic E-state index is 0.0612. The van der Waals surface area contributed by atoms with Gasteiger partial charge in [-0.25, -0.2) is 4.98 Å². The van der Waals surface area contributed by atoms with Crippen molar-refractivity contribution in [3.8, 4) is 22.9 Å². The van der Waals surface area contributed by atoms with Crippen molar-refractivity contribution in [3.05, 3.63) is 24.5 Å². The van der Waals surface area contributed by atoms with Crippen LogP contribution in [0.25, 0.3) is 11.4 Å². The molecule has 0 saturated heterocycles. The monoisotopic (exact) mass is 294 g/mol. The highest BCUT2D eigenvalue weighted by Crippen LogP contribution is 2.39. The zero-order valence-electron chi connectivity index (χ0n) is 11.8. The van der Waals surface area contributed by atoms with Gasteiger partial charge in [0.1, 0.15) is 17.3 Å². The third kappa shape index (κ3) is 2.76. The van der Waals surface area contributed by atoms with Crippen LogP contribution in [0, 0.1) is 0 Å². The second-order valence-corrected chi connectivity index (χ2v) is 4.92. The highest BCUT2D eigenvalue weighted by Gasteiger charge is 2.16. The Kier molecular flexibility index (Phi) is 4.92. The lowest BCUT2D eigenvalue weighted by molar-refractivity contribution is 0.276. The zero-order valence-corrected chi connectivity index (χ0v) is 12.6. The summed E-state index contributed by atoms with van der Waals surface area (Å²) in [5.74, 6) is 2.27. The molecule has 5 nitrogen and oxygen atoms in total. The van der Waals surface area contributed by atoms with Crippen LogP contribution in [0.2, 0.25) is 0 Å². The molecule has 0 spiro atoms. The molecule has 2 rings (SSSR count). The van der Waals surface area contributed by atoms with E-state index in [1.165, 1.54) is 0 Å². The van der Waals surface area contributed by atoms with Gasteiger partial charge in [0.25, 0.3) is 0 Å². The number of aliphatic hydroxyl groups is 1. The molecule has 0 fully saturated rings. The number of ether oxygens (including phenoxy) is 2. The summed E-state index contributed by atoms with van der Waals surface area (Å²) >= 11 is 1.60. The number of hydrogen-bond donors (Lipinski definition) is 1. The lowest BCUT2D eigenvalue weighted by Crippen LogP contribution is -2.04. The van der Waals surface area contributed by atoms with E-state index in [2.05, 4.69) is 4.98 Å². The van der Waals surface area contributed by atoms with Gasteiger partial charge in [0, 0.05) is 18.9 Å². The van der Waals surface area contributed by atoms with Crippen LogP contribution in [0.5, 0.6) is 11.5 Å². The van der Waals surface area contributed by atoms with E-state index in [-0.39, 0.29) is 6.61 Å². The number of thioether (sulfide) groups is 1. The van der Waals surface area contributed by atoms with E-state index < -0.39 is 0 Å². The summed E-state index contributed by atoms with van der Waals surface area (Å²) < 4.78 is 12.8. The topological polar surface area (TPSA) is 56.5 Å². The fourth-order valence-electron chi connectivity index (χ4n) is 2.05. The van der Waals surface area contributed by atoms with Crippen LogP contribution in [0.15, 0.2) is 29.4 Å². The summed E-state index contributed by atoms with van der Waals surface area (Å²) in [6.07, 6.45) is 5.53. The second kappa shape index (κ2) is 6.67. The molecule has 1 aromatic carbocycles. The molecular formula is C14H18N2O3S. The fourth-order valence-corrected chi connectivity index (χ4v) is 2.61. The lowest BCUT2D eigenvalue weighted by Gasteiger charge is -2.14. The molecule has 2 aromatic rings. The van der Waals surface area contributed by atoms with E-state index in [4.69, 9.17) is 14.6 Å². The van der Waals surface area contributed by atoms with Gasteiger partial charge in [-0.1, -0.05) is 0 Å². The van der Waals surface area contributed by atoms with E-state index in [1.54, 1.807) is 32.2 Å². The molecule has 1 heterocycles. The van der Waals surface area contributed by atoms with Gasteiger partial charge in [-0.05, 0) is 18.4 Å². The second-order valence-electron chi connectivity index (χ2n) is 4.08. The number of hydrogen-bond acceptors (Lipinski definition) is 5. The molecule has 0 aliphatic carbocycles. The summed E-state index contributed by atoms with van der Waals surface area (Å²) in [5, 5.41) is 9.11. The average Bonchev–Trinajstić information content (AvgIpc) is 2.94. The van der Waals surface area contributed by atoms with Crippen molar-refractivity contribution < 1.29 is 14.6 Å². The maximum atomic E-state index is 9.11. The Labute approximate surface area is 122 Å². The van der Waals surface area contributed by atoms with Crippen molar-refractivity contribution >= 4 is 11.8 Å². The third-order valence-electron chi connectivity index (χ3n) is 3.00. The molecule has 6 heteroatoms. The molecule has 0 atom stereocenters. The molecule has 0 radical (unpaired) electrons. The zero-order chi connectivity index (χ0) is 14.5. The number of imidazole rings is 1. The van der Waals surface area contributed by atoms with Gasteiger partial charge in [0.05, 0.1) is 31.3 Å². The number of methoxy groups -OCH3 is 2. The van der Waals surface area contributed by atoms with Crippen molar-refractivity contribution in [1.29, 1.82) is 0 Å². The van der Waals surface area contributed by atoms with E-state index in [0.717, 1.165) is 27.8 Å². The average molecular weight is 294 g/mol. The predicted molar refractivity (Wildman–Crippen MR) is 79.6 cm³/mol. The molecule has 0 aliphatic rings. The first-order valence-corrected chi connectivity index (χ1v) is 7.40. The lowest BCUT2D eigenvalue weighted by atomic mass is 10.1. The minimum absolute atomic E-state index is 0.0612. The summed E-state index contributed by atoms with van der Waals surface area (Å²) in [6, 6.07) is 3.86. The van der Waals surface area contributed by atoms with Gasteiger partial charge >= 0.3 is 0 Å². The first-order chi connectivity index (χ1) is 9.74. The highest BCUT2D eigenvalue weighted by atomic mass is 32.2. The summed E-state index contributed by atoms with van der Waals surface area (Å²) in [5.41, 5.74) is 0.848. The molecule has 0 unspecified atom stereocenters. The first kappa shape index (κ1) is 14.7. The normalized spacial score (nSPS) is 10.6. The summed E-state index contributed by atoms with van der Waals surface area (Å²) in [6.45, 7) is 0.552. The van der Waals surface area contributed by atoms with Crippen LogP contribution in [0.1, 0.15) is 0 Å². The predicted octanol–water partition coefficient (Wildman–Crippen LogP) is 2.28. The largest absolute Gasteiger partial charge is 0.496 e. The van der Waals surface area contributed by atoms with Crippen molar-refractivity contribution in [3.63, 3.8) is 0 Å². The molecule has 20 heavy (non-hydrogen) atoms. The van der Waals surface area contributed by atoms with Gasteiger partial charge in [-0.2, -0.15) is 0 Å². The maximum Gasteiger partial charge on any atom is 0.143 e. The van der Waals surface area contributed by atoms with Crippen LogP contribution in [-0.4, -0.2) is 41.7 Å². The van der Waals surface area contributed by atoms with E-state index in [9.17, 15) is 0 Å². The van der Waals surface area contributed by atoms with E-state index in [1.807, 2.05) is 29.2 Å². The SMILES string of the molecule is COc1cc(-c2nccn2CCO)c(OC)cc1SC. The molecule has 1 aromatic heterocycles. The Morgan fingerprint density at radius 1 is 1.25 bits per heavy atom. The van der Waals surface area contributed by atoms with Gasteiger partial charge in [0.15, 0.2) is 0 Å². The van der Waals surface area contributed by atoms with Crippen LogP contribution in [0.3, 0.4) is 0 Å². The molecule has 0 amide bonds. The minimum Gasteiger partial charge on any atom is -0.496 e. The smallest absolute Gasteiger partial charge is 0.143 e. The standard InChI is InChI=1S/C14H18N2O3S/c1-18-11-9-13(20-3)12(19-2)8-10(11)14-15-4-5-16(14)6-7-17/h4-5,8-9,17H,6-7H2,1-3H3. The van der Waals surface area contributed by atoms with Gasteiger partial charge in [-0.3, -0.25) is 0 Å². The van der Waals surface area contributed by atoms with Crippen LogP contribution in [-0.2, 0) is 6.54 Å². The van der Waals surface area contributed by atoms with E-state index >= 15 is 0 Å². The number of benzene rings is 1. The molecule has 108 valence electrons. The van der Waals surface area contributed by atoms with Gasteiger partial charge in [-0.15, -0.1) is 11.8 Å². The van der Waals surface area contributed by atoms with Gasteiger partial charge in [0.2, 0.25) is 0 Å². The summed E-state index contributed by atoms with van der Waals surface area (Å²) in [7, 11) is 3.28. The Bertz CT molecular complexity index is 584. The molecular weight excluding hydrogens is 276 g/mol. The van der Waals surface area contributed by atoms with Crippen molar-refractivity contribution in [2.45, 2.75) is 11.4 Å². The molecule has 0 aliphatic heterocycles. The molecule has 0 saturated carbocycles. The van der Waals surface area contributed by atoms with E-state index in [0.29, 0.717) is 6.54 Å². The van der Waals surface area contributed by atoms with Crippen LogP contribution in [0.4, 0.5) is 0 Å². The molecule has 0 bridgehead atoms. The van der Waals surface area contributed by atoms with Gasteiger partial charge < -0.3 is 19.1 Å².